The molecule has 0 aliphatic carbocycles. The summed E-state index contributed by atoms with van der Waals surface area (Å²) in [4.78, 5) is 2.43. The Bertz CT molecular complexity index is 398. The first-order chi connectivity index (χ1) is 9.83. The summed E-state index contributed by atoms with van der Waals surface area (Å²) in [7, 11) is 0. The zero-order valence-electron chi connectivity index (χ0n) is 12.1. The van der Waals surface area contributed by atoms with Crippen molar-refractivity contribution in [2.24, 2.45) is 11.7 Å². The highest BCUT2D eigenvalue weighted by Crippen LogP contribution is 2.18. The van der Waals surface area contributed by atoms with Gasteiger partial charge in [-0.15, -0.1) is 0 Å². The van der Waals surface area contributed by atoms with Gasteiger partial charge < -0.3 is 20.5 Å². The molecule has 4 heteroatoms. The zero-order valence-corrected chi connectivity index (χ0v) is 12.1. The number of likely N-dealkylation sites (tertiary alicyclic amines) is 1. The fraction of sp³-hybridized carbons (Fsp3) is 0.625. The quantitative estimate of drug-likeness (QED) is 0.744. The van der Waals surface area contributed by atoms with Crippen molar-refractivity contribution in [2.45, 2.75) is 25.8 Å². The highest BCUT2D eigenvalue weighted by atomic mass is 16.5. The molecular weight excluding hydrogens is 252 g/mol. The summed E-state index contributed by atoms with van der Waals surface area (Å²) < 4.78 is 5.82. The number of nitrogens with zero attached hydrogens (tertiary/aromatic N) is 1. The lowest BCUT2D eigenvalue weighted by molar-refractivity contribution is 0.115. The minimum Gasteiger partial charge on any atom is -0.493 e. The van der Waals surface area contributed by atoms with Crippen molar-refractivity contribution >= 4 is 0 Å². The first kappa shape index (κ1) is 15.3. The fourth-order valence-electron chi connectivity index (χ4n) is 2.79. The average molecular weight is 278 g/mol. The van der Waals surface area contributed by atoms with Crippen LogP contribution in [0.25, 0.3) is 0 Å². The molecule has 2 rings (SSSR count). The van der Waals surface area contributed by atoms with E-state index < -0.39 is 0 Å². The van der Waals surface area contributed by atoms with E-state index in [0.29, 0.717) is 19.1 Å². The normalized spacial score (nSPS) is 20.0. The summed E-state index contributed by atoms with van der Waals surface area (Å²) >= 11 is 0. The van der Waals surface area contributed by atoms with Gasteiger partial charge in [0.25, 0.3) is 0 Å². The molecule has 1 fully saturated rings. The van der Waals surface area contributed by atoms with Crippen LogP contribution in [0.2, 0.25) is 0 Å². The number of benzene rings is 1. The third kappa shape index (κ3) is 4.47. The molecule has 112 valence electrons. The van der Waals surface area contributed by atoms with Crippen LogP contribution in [0.15, 0.2) is 24.3 Å². The van der Waals surface area contributed by atoms with E-state index >= 15 is 0 Å². The van der Waals surface area contributed by atoms with E-state index in [2.05, 4.69) is 4.90 Å². The molecule has 20 heavy (non-hydrogen) atoms. The Morgan fingerprint density at radius 2 is 2.20 bits per heavy atom. The van der Waals surface area contributed by atoms with Crippen molar-refractivity contribution in [1.29, 1.82) is 0 Å². The molecule has 0 bridgehead atoms. The van der Waals surface area contributed by atoms with Crippen molar-refractivity contribution < 1.29 is 9.84 Å². The number of para-hydroxylation sites is 1. The van der Waals surface area contributed by atoms with Crippen LogP contribution in [-0.4, -0.2) is 42.9 Å². The minimum absolute atomic E-state index is 0.316. The number of nitrogens with two attached hydrogens (primary N) is 1. The summed E-state index contributed by atoms with van der Waals surface area (Å²) in [6.45, 7) is 4.77. The molecule has 1 atom stereocenters. The van der Waals surface area contributed by atoms with Crippen molar-refractivity contribution in [3.63, 3.8) is 0 Å². The molecule has 0 radical (unpaired) electrons. The van der Waals surface area contributed by atoms with Gasteiger partial charge in [-0.1, -0.05) is 18.2 Å². The molecule has 0 aromatic heterocycles. The zero-order chi connectivity index (χ0) is 14.2. The number of piperidine rings is 1. The summed E-state index contributed by atoms with van der Waals surface area (Å²) in [6.07, 6.45) is 3.37. The van der Waals surface area contributed by atoms with Crippen molar-refractivity contribution in [1.82, 2.24) is 4.90 Å². The highest BCUT2D eigenvalue weighted by molar-refractivity contribution is 5.32. The summed E-state index contributed by atoms with van der Waals surface area (Å²) in [5.41, 5.74) is 6.75. The molecule has 1 unspecified atom stereocenters. The summed E-state index contributed by atoms with van der Waals surface area (Å²) in [5.74, 6) is 1.37. The van der Waals surface area contributed by atoms with E-state index in [4.69, 9.17) is 10.5 Å². The Kier molecular flexibility index (Phi) is 6.30. The Labute approximate surface area is 121 Å². The van der Waals surface area contributed by atoms with E-state index in [1.165, 1.54) is 6.42 Å². The molecule has 0 saturated carbocycles. The van der Waals surface area contributed by atoms with Crippen LogP contribution in [0.4, 0.5) is 0 Å². The molecular formula is C16H26N2O2. The van der Waals surface area contributed by atoms with Crippen molar-refractivity contribution in [2.75, 3.05) is 32.8 Å². The van der Waals surface area contributed by atoms with Crippen LogP contribution in [0.3, 0.4) is 0 Å². The molecule has 4 nitrogen and oxygen atoms in total. The van der Waals surface area contributed by atoms with Gasteiger partial charge in [0, 0.05) is 31.8 Å². The van der Waals surface area contributed by atoms with Crippen LogP contribution < -0.4 is 10.5 Å². The Balaban J connectivity index is 1.68. The Morgan fingerprint density at radius 3 is 3.00 bits per heavy atom. The maximum absolute atomic E-state index is 9.22. The molecule has 1 aliphatic heterocycles. The van der Waals surface area contributed by atoms with E-state index in [1.54, 1.807) is 0 Å². The fourth-order valence-corrected chi connectivity index (χ4v) is 2.79. The van der Waals surface area contributed by atoms with Crippen LogP contribution in [-0.2, 0) is 6.54 Å². The minimum atomic E-state index is 0.316. The van der Waals surface area contributed by atoms with E-state index in [1.807, 2.05) is 24.3 Å². The largest absolute Gasteiger partial charge is 0.493 e. The Morgan fingerprint density at radius 1 is 1.35 bits per heavy atom. The lowest BCUT2D eigenvalue weighted by atomic mass is 9.99. The second-order valence-electron chi connectivity index (χ2n) is 5.51. The topological polar surface area (TPSA) is 58.7 Å². The third-order valence-corrected chi connectivity index (χ3v) is 3.93. The summed E-state index contributed by atoms with van der Waals surface area (Å²) in [5, 5.41) is 9.22. The highest BCUT2D eigenvalue weighted by Gasteiger charge is 2.18. The molecule has 1 aromatic rings. The van der Waals surface area contributed by atoms with Crippen LogP contribution in [0, 0.1) is 5.92 Å². The smallest absolute Gasteiger partial charge is 0.123 e. The van der Waals surface area contributed by atoms with Gasteiger partial charge in [0.1, 0.15) is 5.75 Å². The van der Waals surface area contributed by atoms with Gasteiger partial charge in [-0.05, 0) is 37.8 Å². The standard InChI is InChI=1S/C16H26N2O2/c17-11-15-6-1-2-7-16(15)20-10-4-9-18-8-3-5-14(12-18)13-19/h1-2,6-7,14,19H,3-5,8-13,17H2. The number of hydrogen-bond donors (Lipinski definition) is 2. The lowest BCUT2D eigenvalue weighted by Crippen LogP contribution is -2.37. The van der Waals surface area contributed by atoms with Gasteiger partial charge in [-0.25, -0.2) is 0 Å². The monoisotopic (exact) mass is 278 g/mol. The second-order valence-corrected chi connectivity index (χ2v) is 5.51. The van der Waals surface area contributed by atoms with Gasteiger partial charge >= 0.3 is 0 Å². The number of hydrogen-bond acceptors (Lipinski definition) is 4. The van der Waals surface area contributed by atoms with Crippen molar-refractivity contribution in [3.05, 3.63) is 29.8 Å². The molecule has 1 aromatic carbocycles. The molecule has 1 aliphatic rings. The molecule has 0 spiro atoms. The van der Waals surface area contributed by atoms with Gasteiger partial charge in [0.15, 0.2) is 0 Å². The molecule has 1 heterocycles. The van der Waals surface area contributed by atoms with E-state index in [-0.39, 0.29) is 0 Å². The number of rotatable bonds is 7. The Hall–Kier alpha value is -1.10. The van der Waals surface area contributed by atoms with E-state index in [9.17, 15) is 5.11 Å². The molecule has 3 N–H and O–H groups in total. The van der Waals surface area contributed by atoms with Gasteiger partial charge in [-0.3, -0.25) is 0 Å². The molecule has 0 amide bonds. The predicted octanol–water partition coefficient (Wildman–Crippen LogP) is 1.62. The summed E-state index contributed by atoms with van der Waals surface area (Å²) in [6, 6.07) is 7.94. The predicted molar refractivity (Wildman–Crippen MR) is 80.7 cm³/mol. The SMILES string of the molecule is NCc1ccccc1OCCCN1CCCC(CO)C1. The van der Waals surface area contributed by atoms with Crippen LogP contribution in [0.1, 0.15) is 24.8 Å². The van der Waals surface area contributed by atoms with Crippen molar-refractivity contribution in [3.8, 4) is 5.75 Å². The van der Waals surface area contributed by atoms with E-state index in [0.717, 1.165) is 50.4 Å². The van der Waals surface area contributed by atoms with Gasteiger partial charge in [0.2, 0.25) is 0 Å². The maximum atomic E-state index is 9.22. The number of aliphatic hydroxyl groups excluding tert-OH is 1. The van der Waals surface area contributed by atoms with Gasteiger partial charge in [0.05, 0.1) is 6.61 Å². The van der Waals surface area contributed by atoms with Gasteiger partial charge in [-0.2, -0.15) is 0 Å². The first-order valence-electron chi connectivity index (χ1n) is 7.57. The molecule has 1 saturated heterocycles. The first-order valence-corrected chi connectivity index (χ1v) is 7.57. The number of ether oxygens (including phenoxy) is 1. The lowest BCUT2D eigenvalue weighted by Gasteiger charge is -2.31. The maximum Gasteiger partial charge on any atom is 0.123 e. The van der Waals surface area contributed by atoms with Crippen LogP contribution >= 0.6 is 0 Å². The second kappa shape index (κ2) is 8.25. The van der Waals surface area contributed by atoms with Crippen LogP contribution in [0.5, 0.6) is 5.75 Å². The average Bonchev–Trinajstić information content (AvgIpc) is 2.52. The third-order valence-electron chi connectivity index (χ3n) is 3.93. The number of aliphatic hydroxyl groups is 1.